The van der Waals surface area contributed by atoms with Crippen molar-refractivity contribution >= 4 is 23.2 Å². The summed E-state index contributed by atoms with van der Waals surface area (Å²) in [5, 5.41) is 10.1. The van der Waals surface area contributed by atoms with Crippen LogP contribution in [0.4, 0.5) is 11.4 Å². The second kappa shape index (κ2) is 7.72. The lowest BCUT2D eigenvalue weighted by Gasteiger charge is -2.18. The molecule has 6 nitrogen and oxygen atoms in total. The first-order valence-corrected chi connectivity index (χ1v) is 8.78. The van der Waals surface area contributed by atoms with E-state index in [1.807, 2.05) is 64.5 Å². The van der Waals surface area contributed by atoms with Crippen LogP contribution in [0.15, 0.2) is 24.3 Å². The van der Waals surface area contributed by atoms with Gasteiger partial charge in [-0.15, -0.1) is 0 Å². The van der Waals surface area contributed by atoms with Gasteiger partial charge in [0.2, 0.25) is 11.8 Å². The van der Waals surface area contributed by atoms with E-state index >= 15 is 0 Å². The number of amides is 2. The van der Waals surface area contributed by atoms with E-state index in [9.17, 15) is 9.59 Å². The van der Waals surface area contributed by atoms with Crippen LogP contribution in [0.2, 0.25) is 0 Å². The van der Waals surface area contributed by atoms with E-state index in [2.05, 4.69) is 15.7 Å². The smallest absolute Gasteiger partial charge is 0.229 e. The Morgan fingerprint density at radius 1 is 1.12 bits per heavy atom. The molecule has 2 N–H and O–H groups in total. The van der Waals surface area contributed by atoms with Gasteiger partial charge in [-0.2, -0.15) is 5.10 Å². The molecule has 140 valence electrons. The molecule has 0 atom stereocenters. The summed E-state index contributed by atoms with van der Waals surface area (Å²) in [6.07, 6.45) is 1.03. The van der Waals surface area contributed by atoms with Gasteiger partial charge in [0.25, 0.3) is 0 Å². The Hall–Kier alpha value is -2.63. The van der Waals surface area contributed by atoms with Crippen LogP contribution in [0.3, 0.4) is 0 Å². The number of nitrogens with one attached hydrogen (secondary N) is 2. The van der Waals surface area contributed by atoms with Crippen LogP contribution >= 0.6 is 0 Å². The van der Waals surface area contributed by atoms with Gasteiger partial charge in [0, 0.05) is 36.0 Å². The zero-order valence-corrected chi connectivity index (χ0v) is 16.4. The van der Waals surface area contributed by atoms with Crippen molar-refractivity contribution in [3.05, 3.63) is 41.2 Å². The van der Waals surface area contributed by atoms with Crippen molar-refractivity contribution in [2.45, 2.75) is 47.5 Å². The molecule has 26 heavy (non-hydrogen) atoms. The topological polar surface area (TPSA) is 76.0 Å². The predicted octanol–water partition coefficient (Wildman–Crippen LogP) is 3.59. The van der Waals surface area contributed by atoms with E-state index in [4.69, 9.17) is 0 Å². The Balaban J connectivity index is 1.97. The maximum absolute atomic E-state index is 12.3. The lowest BCUT2D eigenvalue weighted by atomic mass is 9.95. The Labute approximate surface area is 155 Å². The molecule has 0 aliphatic rings. The number of benzene rings is 1. The van der Waals surface area contributed by atoms with Gasteiger partial charge in [-0.3, -0.25) is 14.3 Å². The highest BCUT2D eigenvalue weighted by Crippen LogP contribution is 2.20. The number of hydrogen-bond acceptors (Lipinski definition) is 3. The van der Waals surface area contributed by atoms with E-state index in [1.54, 1.807) is 6.07 Å². The zero-order chi connectivity index (χ0) is 19.5. The highest BCUT2D eigenvalue weighted by atomic mass is 16.2. The number of nitrogens with zero attached hydrogens (tertiary/aromatic N) is 2. The molecule has 1 heterocycles. The quantitative estimate of drug-likeness (QED) is 0.859. The Morgan fingerprint density at radius 3 is 2.27 bits per heavy atom. The van der Waals surface area contributed by atoms with E-state index in [0.29, 0.717) is 24.2 Å². The van der Waals surface area contributed by atoms with Crippen molar-refractivity contribution in [1.29, 1.82) is 0 Å². The molecule has 0 bridgehead atoms. The largest absolute Gasteiger partial charge is 0.326 e. The molecular formula is C20H28N4O2. The summed E-state index contributed by atoms with van der Waals surface area (Å²) >= 11 is 0. The molecule has 0 radical (unpaired) electrons. The first-order valence-electron chi connectivity index (χ1n) is 8.78. The molecule has 0 aliphatic heterocycles. The standard InChI is InChI=1S/C20H28N4O2/c1-13-17(14(2)24(6)23-13)10-11-18(25)21-15-8-7-9-16(12-15)22-19(26)20(3,4)5/h7-9,12H,10-11H2,1-6H3,(H,21,25)(H,22,26). The van der Waals surface area contributed by atoms with Crippen LogP contribution < -0.4 is 10.6 Å². The third kappa shape index (κ3) is 4.94. The van der Waals surface area contributed by atoms with Crippen LogP contribution in [0.25, 0.3) is 0 Å². The minimum Gasteiger partial charge on any atom is -0.326 e. The molecule has 2 aromatic rings. The molecule has 2 rings (SSSR count). The van der Waals surface area contributed by atoms with Gasteiger partial charge >= 0.3 is 0 Å². The van der Waals surface area contributed by atoms with Crippen molar-refractivity contribution in [2.75, 3.05) is 10.6 Å². The van der Waals surface area contributed by atoms with Crippen molar-refractivity contribution < 1.29 is 9.59 Å². The summed E-state index contributed by atoms with van der Waals surface area (Å²) in [5.41, 5.74) is 4.03. The van der Waals surface area contributed by atoms with Crippen LogP contribution in [0.5, 0.6) is 0 Å². The summed E-state index contributed by atoms with van der Waals surface area (Å²) in [6, 6.07) is 7.19. The highest BCUT2D eigenvalue weighted by Gasteiger charge is 2.21. The summed E-state index contributed by atoms with van der Waals surface area (Å²) in [7, 11) is 1.91. The number of carbonyl (C=O) groups is 2. The van der Waals surface area contributed by atoms with Crippen molar-refractivity contribution in [1.82, 2.24) is 9.78 Å². The third-order valence-electron chi connectivity index (χ3n) is 4.35. The molecule has 0 spiro atoms. The van der Waals surface area contributed by atoms with Gasteiger partial charge in [0.05, 0.1) is 5.69 Å². The lowest BCUT2D eigenvalue weighted by molar-refractivity contribution is -0.123. The monoisotopic (exact) mass is 356 g/mol. The van der Waals surface area contributed by atoms with Crippen molar-refractivity contribution in [2.24, 2.45) is 12.5 Å². The average Bonchev–Trinajstić information content (AvgIpc) is 2.77. The fourth-order valence-corrected chi connectivity index (χ4v) is 2.63. The van der Waals surface area contributed by atoms with E-state index in [1.165, 1.54) is 0 Å². The fourth-order valence-electron chi connectivity index (χ4n) is 2.63. The fraction of sp³-hybridized carbons (Fsp3) is 0.450. The van der Waals surface area contributed by atoms with Crippen molar-refractivity contribution in [3.63, 3.8) is 0 Å². The zero-order valence-electron chi connectivity index (χ0n) is 16.4. The molecule has 0 saturated heterocycles. The maximum atomic E-state index is 12.3. The van der Waals surface area contributed by atoms with Gasteiger partial charge in [-0.25, -0.2) is 0 Å². The first kappa shape index (κ1) is 19.7. The second-order valence-electron chi connectivity index (χ2n) is 7.61. The van der Waals surface area contributed by atoms with E-state index in [0.717, 1.165) is 17.0 Å². The van der Waals surface area contributed by atoms with Gasteiger partial charge in [-0.1, -0.05) is 26.8 Å². The number of aryl methyl sites for hydroxylation is 2. The van der Waals surface area contributed by atoms with Crippen molar-refractivity contribution in [3.8, 4) is 0 Å². The number of rotatable bonds is 5. The van der Waals surface area contributed by atoms with E-state index in [-0.39, 0.29) is 11.8 Å². The third-order valence-corrected chi connectivity index (χ3v) is 4.35. The van der Waals surface area contributed by atoms with Gasteiger partial charge in [0.1, 0.15) is 0 Å². The van der Waals surface area contributed by atoms with Gasteiger partial charge < -0.3 is 10.6 Å². The molecule has 0 aliphatic carbocycles. The summed E-state index contributed by atoms with van der Waals surface area (Å²) in [4.78, 5) is 24.4. The number of anilines is 2. The minimum atomic E-state index is -0.474. The van der Waals surface area contributed by atoms with E-state index < -0.39 is 5.41 Å². The predicted molar refractivity (Wildman–Crippen MR) is 104 cm³/mol. The average molecular weight is 356 g/mol. The molecule has 1 aromatic carbocycles. The summed E-state index contributed by atoms with van der Waals surface area (Å²) in [5.74, 6) is -0.129. The molecule has 0 unspecified atom stereocenters. The summed E-state index contributed by atoms with van der Waals surface area (Å²) < 4.78 is 1.84. The maximum Gasteiger partial charge on any atom is 0.229 e. The lowest BCUT2D eigenvalue weighted by Crippen LogP contribution is -2.27. The number of hydrogen-bond donors (Lipinski definition) is 2. The van der Waals surface area contributed by atoms with Crippen LogP contribution in [-0.2, 0) is 23.1 Å². The Morgan fingerprint density at radius 2 is 1.73 bits per heavy atom. The normalized spacial score (nSPS) is 11.3. The van der Waals surface area contributed by atoms with Gasteiger partial charge in [0.15, 0.2) is 0 Å². The van der Waals surface area contributed by atoms with Gasteiger partial charge in [-0.05, 0) is 44.0 Å². The Kier molecular flexibility index (Phi) is 5.85. The molecule has 0 fully saturated rings. The van der Waals surface area contributed by atoms with Crippen LogP contribution in [-0.4, -0.2) is 21.6 Å². The molecular weight excluding hydrogens is 328 g/mol. The molecule has 2 amide bonds. The molecule has 6 heteroatoms. The SMILES string of the molecule is Cc1nn(C)c(C)c1CCC(=O)Nc1cccc(NC(=O)C(C)(C)C)c1. The first-order chi connectivity index (χ1) is 12.1. The number of aromatic nitrogens is 2. The Bertz CT molecular complexity index is 816. The van der Waals surface area contributed by atoms with Crippen LogP contribution in [0, 0.1) is 19.3 Å². The molecule has 0 saturated carbocycles. The second-order valence-corrected chi connectivity index (χ2v) is 7.61. The molecule has 1 aromatic heterocycles. The summed E-state index contributed by atoms with van der Waals surface area (Å²) in [6.45, 7) is 9.54. The minimum absolute atomic E-state index is 0.0630. The van der Waals surface area contributed by atoms with Crippen LogP contribution in [0.1, 0.15) is 44.1 Å². The highest BCUT2D eigenvalue weighted by molar-refractivity contribution is 5.96. The number of carbonyl (C=O) groups excluding carboxylic acids is 2.